The Balaban J connectivity index is 2.04. The largest absolute Gasteiger partial charge is 0.378 e. The van der Waals surface area contributed by atoms with Crippen LogP contribution in [0.25, 0.3) is 0 Å². The number of nitrogens with zero attached hydrogens (tertiary/aromatic N) is 1. The molecular formula is C14H21ClN2O. The van der Waals surface area contributed by atoms with Gasteiger partial charge in [-0.3, -0.25) is 0 Å². The molecule has 1 saturated heterocycles. The Morgan fingerprint density at radius 2 is 2.06 bits per heavy atom. The van der Waals surface area contributed by atoms with Crippen molar-refractivity contribution < 1.29 is 4.74 Å². The number of nitrogens with one attached hydrogen (secondary N) is 1. The van der Waals surface area contributed by atoms with Crippen molar-refractivity contribution in [3.05, 3.63) is 28.8 Å². The van der Waals surface area contributed by atoms with E-state index in [-0.39, 0.29) is 0 Å². The lowest BCUT2D eigenvalue weighted by atomic mass is 10.1. The van der Waals surface area contributed by atoms with E-state index < -0.39 is 0 Å². The highest BCUT2D eigenvalue weighted by Gasteiger charge is 2.12. The molecule has 1 heterocycles. The first kappa shape index (κ1) is 13.7. The van der Waals surface area contributed by atoms with Gasteiger partial charge in [0.15, 0.2) is 0 Å². The lowest BCUT2D eigenvalue weighted by molar-refractivity contribution is 0.122. The lowest BCUT2D eigenvalue weighted by Crippen LogP contribution is -2.36. The van der Waals surface area contributed by atoms with E-state index in [9.17, 15) is 0 Å². The fraction of sp³-hybridized carbons (Fsp3) is 0.571. The van der Waals surface area contributed by atoms with E-state index in [4.69, 9.17) is 16.3 Å². The maximum atomic E-state index is 6.33. The average molecular weight is 269 g/mol. The van der Waals surface area contributed by atoms with E-state index in [1.54, 1.807) is 0 Å². The second-order valence-electron chi connectivity index (χ2n) is 4.91. The second kappa shape index (κ2) is 6.41. The maximum Gasteiger partial charge on any atom is 0.0642 e. The van der Waals surface area contributed by atoms with Gasteiger partial charge in [0.25, 0.3) is 0 Å². The number of morpholine rings is 1. The number of hydrogen-bond acceptors (Lipinski definition) is 3. The van der Waals surface area contributed by atoms with Crippen LogP contribution in [0.1, 0.15) is 19.4 Å². The Morgan fingerprint density at radius 3 is 2.67 bits per heavy atom. The fourth-order valence-electron chi connectivity index (χ4n) is 2.01. The quantitative estimate of drug-likeness (QED) is 0.909. The minimum atomic E-state index is 0.472. The third-order valence-electron chi connectivity index (χ3n) is 3.11. The summed E-state index contributed by atoms with van der Waals surface area (Å²) in [4.78, 5) is 2.31. The second-order valence-corrected chi connectivity index (χ2v) is 5.32. The molecule has 100 valence electrons. The van der Waals surface area contributed by atoms with Gasteiger partial charge in [0.2, 0.25) is 0 Å². The number of hydrogen-bond donors (Lipinski definition) is 1. The van der Waals surface area contributed by atoms with E-state index in [2.05, 4.69) is 42.3 Å². The molecule has 1 aromatic carbocycles. The smallest absolute Gasteiger partial charge is 0.0642 e. The predicted octanol–water partition coefficient (Wildman–Crippen LogP) is 2.67. The van der Waals surface area contributed by atoms with E-state index in [0.29, 0.717) is 6.04 Å². The summed E-state index contributed by atoms with van der Waals surface area (Å²) >= 11 is 6.33. The van der Waals surface area contributed by atoms with Gasteiger partial charge in [0.05, 0.1) is 13.2 Å². The van der Waals surface area contributed by atoms with E-state index in [0.717, 1.165) is 43.4 Å². The minimum Gasteiger partial charge on any atom is -0.378 e. The van der Waals surface area contributed by atoms with Gasteiger partial charge in [-0.2, -0.15) is 0 Å². The molecule has 0 aromatic heterocycles. The first-order chi connectivity index (χ1) is 8.66. The molecule has 1 aliphatic rings. The van der Waals surface area contributed by atoms with Crippen molar-refractivity contribution >= 4 is 17.3 Å². The molecule has 0 radical (unpaired) electrons. The van der Waals surface area contributed by atoms with Crippen molar-refractivity contribution in [3.8, 4) is 0 Å². The molecule has 0 atom stereocenters. The number of rotatable bonds is 4. The van der Waals surface area contributed by atoms with E-state index in [1.165, 1.54) is 5.69 Å². The molecular weight excluding hydrogens is 248 g/mol. The molecule has 0 spiro atoms. The molecule has 1 N–H and O–H groups in total. The van der Waals surface area contributed by atoms with Gasteiger partial charge >= 0.3 is 0 Å². The molecule has 1 aromatic rings. The topological polar surface area (TPSA) is 24.5 Å². The van der Waals surface area contributed by atoms with Gasteiger partial charge in [-0.1, -0.05) is 31.5 Å². The van der Waals surface area contributed by atoms with Crippen LogP contribution >= 0.6 is 11.6 Å². The normalized spacial score (nSPS) is 16.3. The van der Waals surface area contributed by atoms with Crippen LogP contribution in [-0.2, 0) is 11.3 Å². The van der Waals surface area contributed by atoms with E-state index in [1.807, 2.05) is 0 Å². The van der Waals surface area contributed by atoms with E-state index >= 15 is 0 Å². The summed E-state index contributed by atoms with van der Waals surface area (Å²) in [5.74, 6) is 0. The van der Waals surface area contributed by atoms with Gasteiger partial charge in [-0.05, 0) is 17.7 Å². The third-order valence-corrected chi connectivity index (χ3v) is 3.47. The van der Waals surface area contributed by atoms with Crippen LogP contribution in [0.5, 0.6) is 0 Å². The summed E-state index contributed by atoms with van der Waals surface area (Å²) < 4.78 is 5.36. The number of halogens is 1. The van der Waals surface area contributed by atoms with Crippen LogP contribution in [0, 0.1) is 0 Å². The highest BCUT2D eigenvalue weighted by molar-refractivity contribution is 6.31. The Labute approximate surface area is 114 Å². The summed E-state index contributed by atoms with van der Waals surface area (Å²) in [5, 5.41) is 4.22. The van der Waals surface area contributed by atoms with Crippen molar-refractivity contribution in [2.45, 2.75) is 26.4 Å². The fourth-order valence-corrected chi connectivity index (χ4v) is 2.25. The first-order valence-electron chi connectivity index (χ1n) is 6.51. The van der Waals surface area contributed by atoms with Gasteiger partial charge in [-0.25, -0.2) is 0 Å². The molecule has 3 nitrogen and oxygen atoms in total. The van der Waals surface area contributed by atoms with Gasteiger partial charge in [-0.15, -0.1) is 0 Å². The summed E-state index contributed by atoms with van der Waals surface area (Å²) in [6, 6.07) is 6.79. The number of ether oxygens (including phenoxy) is 1. The maximum absolute atomic E-state index is 6.33. The van der Waals surface area contributed by atoms with Crippen LogP contribution in [0.15, 0.2) is 18.2 Å². The molecule has 4 heteroatoms. The van der Waals surface area contributed by atoms with Gasteiger partial charge in [0, 0.05) is 36.4 Å². The number of anilines is 1. The van der Waals surface area contributed by atoms with Gasteiger partial charge in [0.1, 0.15) is 0 Å². The molecule has 0 unspecified atom stereocenters. The third kappa shape index (κ3) is 3.61. The zero-order valence-corrected chi connectivity index (χ0v) is 11.8. The Hall–Kier alpha value is -0.770. The van der Waals surface area contributed by atoms with Crippen LogP contribution in [-0.4, -0.2) is 32.3 Å². The molecule has 0 saturated carbocycles. The van der Waals surface area contributed by atoms with Crippen molar-refractivity contribution in [1.82, 2.24) is 5.32 Å². The highest BCUT2D eigenvalue weighted by Crippen LogP contribution is 2.24. The molecule has 0 aliphatic carbocycles. The number of benzene rings is 1. The molecule has 1 fully saturated rings. The van der Waals surface area contributed by atoms with Crippen molar-refractivity contribution in [3.63, 3.8) is 0 Å². The van der Waals surface area contributed by atoms with Crippen molar-refractivity contribution in [2.75, 3.05) is 31.2 Å². The van der Waals surface area contributed by atoms with Crippen LogP contribution in [0.3, 0.4) is 0 Å². The summed E-state index contributed by atoms with van der Waals surface area (Å²) in [6.45, 7) is 8.58. The highest BCUT2D eigenvalue weighted by atomic mass is 35.5. The first-order valence-corrected chi connectivity index (χ1v) is 6.89. The zero-order valence-electron chi connectivity index (χ0n) is 11.1. The molecule has 1 aliphatic heterocycles. The van der Waals surface area contributed by atoms with Crippen LogP contribution in [0.2, 0.25) is 5.02 Å². The molecule has 18 heavy (non-hydrogen) atoms. The average Bonchev–Trinajstić information content (AvgIpc) is 2.38. The molecule has 0 bridgehead atoms. The van der Waals surface area contributed by atoms with Crippen molar-refractivity contribution in [1.29, 1.82) is 0 Å². The molecule has 2 rings (SSSR count). The lowest BCUT2D eigenvalue weighted by Gasteiger charge is -2.29. The Morgan fingerprint density at radius 1 is 1.33 bits per heavy atom. The Kier molecular flexibility index (Phi) is 4.87. The standard InChI is InChI=1S/C14H21ClN2O/c1-11(2)16-10-12-3-4-13(9-14(12)15)17-5-7-18-8-6-17/h3-4,9,11,16H,5-8,10H2,1-2H3. The summed E-state index contributed by atoms with van der Waals surface area (Å²) in [5.41, 5.74) is 2.35. The van der Waals surface area contributed by atoms with Crippen LogP contribution < -0.4 is 10.2 Å². The predicted molar refractivity (Wildman–Crippen MR) is 76.5 cm³/mol. The van der Waals surface area contributed by atoms with Gasteiger partial charge < -0.3 is 15.0 Å². The Bertz CT molecular complexity index is 389. The van der Waals surface area contributed by atoms with Crippen molar-refractivity contribution in [2.24, 2.45) is 0 Å². The zero-order chi connectivity index (χ0) is 13.0. The summed E-state index contributed by atoms with van der Waals surface area (Å²) in [6.07, 6.45) is 0. The summed E-state index contributed by atoms with van der Waals surface area (Å²) in [7, 11) is 0. The molecule has 0 amide bonds. The SMILES string of the molecule is CC(C)NCc1ccc(N2CCOCC2)cc1Cl. The minimum absolute atomic E-state index is 0.472. The monoisotopic (exact) mass is 268 g/mol. The van der Waals surface area contributed by atoms with Crippen LogP contribution in [0.4, 0.5) is 5.69 Å².